The molecule has 2 fully saturated rings. The van der Waals surface area contributed by atoms with Gasteiger partial charge >= 0.3 is 0 Å². The summed E-state index contributed by atoms with van der Waals surface area (Å²) in [7, 11) is 0. The van der Waals surface area contributed by atoms with Crippen LogP contribution in [0, 0.1) is 0 Å². The van der Waals surface area contributed by atoms with Gasteiger partial charge in [-0.15, -0.1) is 0 Å². The summed E-state index contributed by atoms with van der Waals surface area (Å²) in [4.78, 5) is 15.1. The van der Waals surface area contributed by atoms with E-state index in [1.165, 1.54) is 22.8 Å². The highest BCUT2D eigenvalue weighted by atomic mass is 16.5. The maximum absolute atomic E-state index is 13.1. The van der Waals surface area contributed by atoms with Crippen molar-refractivity contribution in [2.45, 2.75) is 57.3 Å². The zero-order chi connectivity index (χ0) is 18.6. The van der Waals surface area contributed by atoms with Crippen LogP contribution in [0.2, 0.25) is 0 Å². The lowest BCUT2D eigenvalue weighted by Crippen LogP contribution is -2.40. The molecule has 0 spiro atoms. The average Bonchev–Trinajstić information content (AvgIpc) is 3.21. The highest BCUT2D eigenvalue weighted by Crippen LogP contribution is 2.36. The molecule has 4 nitrogen and oxygen atoms in total. The van der Waals surface area contributed by atoms with Crippen LogP contribution in [-0.2, 0) is 14.3 Å². The summed E-state index contributed by atoms with van der Waals surface area (Å²) in [6.07, 6.45) is 5.11. The Morgan fingerprint density at radius 2 is 2.00 bits per heavy atom. The fourth-order valence-corrected chi connectivity index (χ4v) is 4.39. The third kappa shape index (κ3) is 4.02. The Hall–Kier alpha value is -1.91. The summed E-state index contributed by atoms with van der Waals surface area (Å²) in [6, 6.07) is 15.0. The number of nitrogens with zero attached hydrogens (tertiary/aromatic N) is 1. The zero-order valence-electron chi connectivity index (χ0n) is 16.1. The van der Waals surface area contributed by atoms with Crippen molar-refractivity contribution >= 4 is 16.7 Å². The molecular weight excluding hydrogens is 338 g/mol. The minimum absolute atomic E-state index is 0.0984. The van der Waals surface area contributed by atoms with Gasteiger partial charge in [0, 0.05) is 13.2 Å². The van der Waals surface area contributed by atoms with Gasteiger partial charge < -0.3 is 14.4 Å². The van der Waals surface area contributed by atoms with Crippen molar-refractivity contribution in [1.82, 2.24) is 4.90 Å². The number of carbonyl (C=O) groups is 1. The summed E-state index contributed by atoms with van der Waals surface area (Å²) in [5, 5.41) is 2.47. The molecule has 0 radical (unpaired) electrons. The van der Waals surface area contributed by atoms with E-state index in [1.54, 1.807) is 0 Å². The molecule has 2 aliphatic rings. The molecule has 4 rings (SSSR count). The first kappa shape index (κ1) is 18.5. The molecule has 2 aromatic carbocycles. The molecule has 0 unspecified atom stereocenters. The van der Waals surface area contributed by atoms with Gasteiger partial charge in [-0.3, -0.25) is 4.79 Å². The number of carbonyl (C=O) groups excluding carboxylic acids is 1. The first-order valence-electron chi connectivity index (χ1n) is 10.3. The van der Waals surface area contributed by atoms with Gasteiger partial charge in [0.25, 0.3) is 5.91 Å². The highest BCUT2D eigenvalue weighted by molar-refractivity contribution is 5.87. The molecule has 2 heterocycles. The molecule has 2 saturated heterocycles. The van der Waals surface area contributed by atoms with Crippen LogP contribution in [0.5, 0.6) is 0 Å². The van der Waals surface area contributed by atoms with Crippen LogP contribution in [0.3, 0.4) is 0 Å². The Balaban J connectivity index is 1.46. The Morgan fingerprint density at radius 3 is 2.85 bits per heavy atom. The highest BCUT2D eigenvalue weighted by Gasteiger charge is 2.33. The van der Waals surface area contributed by atoms with Gasteiger partial charge in [0.15, 0.2) is 0 Å². The first-order valence-corrected chi connectivity index (χ1v) is 10.3. The molecule has 0 N–H and O–H groups in total. The van der Waals surface area contributed by atoms with Crippen LogP contribution in [0.25, 0.3) is 10.8 Å². The second-order valence-electron chi connectivity index (χ2n) is 7.72. The van der Waals surface area contributed by atoms with Gasteiger partial charge in [-0.2, -0.15) is 0 Å². The van der Waals surface area contributed by atoms with E-state index in [2.05, 4.69) is 42.5 Å². The monoisotopic (exact) mass is 367 g/mol. The molecule has 4 heteroatoms. The van der Waals surface area contributed by atoms with Crippen LogP contribution in [-0.4, -0.2) is 42.8 Å². The Labute approximate surface area is 161 Å². The second kappa shape index (κ2) is 8.41. The Morgan fingerprint density at radius 1 is 1.15 bits per heavy atom. The fraction of sp³-hybridized carbons (Fsp3) is 0.522. The lowest BCUT2D eigenvalue weighted by molar-refractivity contribution is -0.147. The molecule has 1 amide bonds. The minimum Gasteiger partial charge on any atom is -0.376 e. The van der Waals surface area contributed by atoms with Crippen LogP contribution in [0.1, 0.15) is 50.6 Å². The molecule has 0 aliphatic carbocycles. The summed E-state index contributed by atoms with van der Waals surface area (Å²) in [5.74, 6) is 0.0984. The Bertz CT molecular complexity index is 779. The van der Waals surface area contributed by atoms with E-state index in [1.807, 2.05) is 11.8 Å². The molecule has 27 heavy (non-hydrogen) atoms. The average molecular weight is 367 g/mol. The summed E-state index contributed by atoms with van der Waals surface area (Å²) in [5.41, 5.74) is 1.25. The normalized spacial score (nSPS) is 24.3. The van der Waals surface area contributed by atoms with Crippen LogP contribution in [0.4, 0.5) is 0 Å². The van der Waals surface area contributed by atoms with E-state index >= 15 is 0 Å². The lowest BCUT2D eigenvalue weighted by Gasteiger charge is -2.30. The fourth-order valence-electron chi connectivity index (χ4n) is 4.39. The van der Waals surface area contributed by atoms with E-state index in [4.69, 9.17) is 9.47 Å². The van der Waals surface area contributed by atoms with Crippen LogP contribution < -0.4 is 0 Å². The van der Waals surface area contributed by atoms with Crippen molar-refractivity contribution in [2.24, 2.45) is 0 Å². The van der Waals surface area contributed by atoms with Gasteiger partial charge in [-0.25, -0.2) is 0 Å². The van der Waals surface area contributed by atoms with Crippen molar-refractivity contribution in [3.05, 3.63) is 48.0 Å². The third-order valence-corrected chi connectivity index (χ3v) is 5.87. The van der Waals surface area contributed by atoms with Gasteiger partial charge in [0.05, 0.1) is 18.8 Å². The smallest absolute Gasteiger partial charge is 0.251 e. The zero-order valence-corrected chi connectivity index (χ0v) is 16.1. The summed E-state index contributed by atoms with van der Waals surface area (Å²) in [6.45, 7) is 4.01. The number of rotatable bonds is 5. The van der Waals surface area contributed by atoms with Gasteiger partial charge in [-0.1, -0.05) is 42.5 Å². The predicted octanol–water partition coefficient (Wildman–Crippen LogP) is 4.48. The number of hydrogen-bond acceptors (Lipinski definition) is 3. The van der Waals surface area contributed by atoms with Crippen molar-refractivity contribution in [2.75, 3.05) is 19.8 Å². The maximum atomic E-state index is 13.1. The number of amides is 1. The predicted molar refractivity (Wildman–Crippen MR) is 107 cm³/mol. The Kier molecular flexibility index (Phi) is 5.74. The molecule has 0 saturated carbocycles. The number of likely N-dealkylation sites (tertiary alicyclic amines) is 1. The summed E-state index contributed by atoms with van der Waals surface area (Å²) < 4.78 is 11.6. The lowest BCUT2D eigenvalue weighted by atomic mass is 9.97. The largest absolute Gasteiger partial charge is 0.376 e. The maximum Gasteiger partial charge on any atom is 0.251 e. The van der Waals surface area contributed by atoms with Crippen molar-refractivity contribution in [1.29, 1.82) is 0 Å². The van der Waals surface area contributed by atoms with Gasteiger partial charge in [0.1, 0.15) is 6.10 Å². The molecule has 0 bridgehead atoms. The van der Waals surface area contributed by atoms with Crippen molar-refractivity contribution in [3.63, 3.8) is 0 Å². The molecule has 2 aromatic rings. The SMILES string of the molecule is C[C@H](OC[C@H]1CCCCO1)C(=O)N1CCC[C@H]1c1cccc2ccccc12. The number of benzene rings is 2. The number of ether oxygens (including phenoxy) is 2. The first-order chi connectivity index (χ1) is 13.2. The van der Waals surface area contributed by atoms with Crippen molar-refractivity contribution < 1.29 is 14.3 Å². The van der Waals surface area contributed by atoms with E-state index in [9.17, 15) is 4.79 Å². The van der Waals surface area contributed by atoms with Crippen LogP contribution in [0.15, 0.2) is 42.5 Å². The quantitative estimate of drug-likeness (QED) is 0.782. The van der Waals surface area contributed by atoms with Gasteiger partial charge in [0.2, 0.25) is 0 Å². The molecule has 3 atom stereocenters. The third-order valence-electron chi connectivity index (χ3n) is 5.87. The van der Waals surface area contributed by atoms with E-state index in [0.29, 0.717) is 6.61 Å². The number of hydrogen-bond donors (Lipinski definition) is 0. The molecule has 144 valence electrons. The molecule has 2 aliphatic heterocycles. The molecular formula is C23H29NO3. The number of fused-ring (bicyclic) bond motifs is 1. The molecule has 0 aromatic heterocycles. The van der Waals surface area contributed by atoms with Crippen LogP contribution >= 0.6 is 0 Å². The second-order valence-corrected chi connectivity index (χ2v) is 7.72. The van der Waals surface area contributed by atoms with Gasteiger partial charge in [-0.05, 0) is 55.4 Å². The van der Waals surface area contributed by atoms with Crippen molar-refractivity contribution in [3.8, 4) is 0 Å². The summed E-state index contributed by atoms with van der Waals surface area (Å²) >= 11 is 0. The van der Waals surface area contributed by atoms with E-state index in [0.717, 1.165) is 38.8 Å². The minimum atomic E-state index is -0.425. The van der Waals surface area contributed by atoms with E-state index in [-0.39, 0.29) is 18.1 Å². The standard InChI is InChI=1S/C23H29NO3/c1-17(27-16-19-10-4-5-15-26-19)23(25)24-14-7-13-22(24)21-12-6-9-18-8-2-3-11-20(18)21/h2-3,6,8-9,11-12,17,19,22H,4-5,7,10,13-16H2,1H3/t17-,19+,22-/m0/s1. The van der Waals surface area contributed by atoms with E-state index < -0.39 is 6.10 Å². The topological polar surface area (TPSA) is 38.8 Å².